The average molecular weight is 415 g/mol. The first-order chi connectivity index (χ1) is 14.0. The first-order valence-electron chi connectivity index (χ1n) is 10.1. The number of nitrogens with zero attached hydrogens (tertiary/aromatic N) is 2. The number of amides is 2. The predicted octanol–water partition coefficient (Wildman–Crippen LogP) is 2.55. The van der Waals surface area contributed by atoms with Gasteiger partial charge in [-0.25, -0.2) is 4.31 Å². The topological polar surface area (TPSA) is 78.7 Å². The van der Waals surface area contributed by atoms with Crippen LogP contribution in [0.15, 0.2) is 42.5 Å². The van der Waals surface area contributed by atoms with E-state index in [1.54, 1.807) is 11.9 Å². The van der Waals surface area contributed by atoms with Crippen molar-refractivity contribution in [1.29, 1.82) is 0 Å². The molecule has 1 fully saturated rings. The lowest BCUT2D eigenvalue weighted by molar-refractivity contribution is -0.125. The summed E-state index contributed by atoms with van der Waals surface area (Å²) < 4.78 is 2.12. The van der Waals surface area contributed by atoms with Gasteiger partial charge in [0, 0.05) is 25.2 Å². The van der Waals surface area contributed by atoms with E-state index in [2.05, 4.69) is 63.9 Å². The normalized spacial score (nSPS) is 16.8. The van der Waals surface area contributed by atoms with Crippen LogP contribution in [0.4, 0.5) is 0 Å². The van der Waals surface area contributed by atoms with Crippen LogP contribution in [0, 0.1) is 0 Å². The number of piperidine rings is 1. The molecule has 2 aromatic rings. The monoisotopic (exact) mass is 414 g/mol. The minimum atomic E-state index is -0.523. The van der Waals surface area contributed by atoms with Crippen LogP contribution >= 0.6 is 11.9 Å². The molecule has 1 aliphatic heterocycles. The van der Waals surface area contributed by atoms with E-state index in [4.69, 9.17) is 5.73 Å². The summed E-state index contributed by atoms with van der Waals surface area (Å²) in [5.74, 6) is -0.686. The van der Waals surface area contributed by atoms with Crippen molar-refractivity contribution >= 4 is 34.5 Å². The lowest BCUT2D eigenvalue weighted by atomic mass is 9.96. The van der Waals surface area contributed by atoms with Gasteiger partial charge in [-0.15, -0.1) is 0 Å². The quantitative estimate of drug-likeness (QED) is 0.649. The Hall–Kier alpha value is -2.09. The van der Waals surface area contributed by atoms with Crippen molar-refractivity contribution in [1.82, 2.24) is 14.5 Å². The number of carbonyl (C=O) groups is 2. The van der Waals surface area contributed by atoms with Gasteiger partial charge >= 0.3 is 0 Å². The number of likely N-dealkylation sites (tertiary alicyclic amines) is 1. The molecule has 7 heteroatoms. The third-order valence-electron chi connectivity index (χ3n) is 5.72. The molecule has 1 saturated heterocycles. The molecule has 3 rings (SSSR count). The number of hydrogen-bond donors (Lipinski definition) is 2. The fraction of sp³-hybridized carbons (Fsp3) is 0.455. The van der Waals surface area contributed by atoms with Gasteiger partial charge < -0.3 is 11.1 Å². The van der Waals surface area contributed by atoms with Gasteiger partial charge in [0.05, 0.1) is 13.1 Å². The first kappa shape index (κ1) is 21.6. The van der Waals surface area contributed by atoms with Crippen molar-refractivity contribution in [2.45, 2.75) is 31.8 Å². The zero-order valence-electron chi connectivity index (χ0n) is 17.1. The lowest BCUT2D eigenvalue weighted by Gasteiger charge is -2.40. The van der Waals surface area contributed by atoms with Gasteiger partial charge in [0.25, 0.3) is 0 Å². The van der Waals surface area contributed by atoms with Crippen LogP contribution in [0.2, 0.25) is 0 Å². The number of nitrogens with two attached hydrogens (primary N) is 1. The molecule has 0 spiro atoms. The van der Waals surface area contributed by atoms with E-state index in [1.165, 1.54) is 16.3 Å². The summed E-state index contributed by atoms with van der Waals surface area (Å²) in [6, 6.07) is 15.8. The average Bonchev–Trinajstić information content (AvgIpc) is 2.75. The van der Waals surface area contributed by atoms with Crippen molar-refractivity contribution in [2.75, 3.05) is 32.4 Å². The third kappa shape index (κ3) is 5.50. The lowest BCUT2D eigenvalue weighted by Crippen LogP contribution is -2.46. The van der Waals surface area contributed by atoms with Crippen molar-refractivity contribution in [3.63, 3.8) is 0 Å². The number of hydrogen-bond acceptors (Lipinski definition) is 5. The Morgan fingerprint density at radius 3 is 2.59 bits per heavy atom. The molecular weight excluding hydrogens is 384 g/mol. The second kappa shape index (κ2) is 10.1. The maximum atomic E-state index is 12.1. The van der Waals surface area contributed by atoms with E-state index >= 15 is 0 Å². The Morgan fingerprint density at radius 2 is 1.90 bits per heavy atom. The number of primary amides is 1. The molecule has 1 aliphatic rings. The molecule has 2 amide bonds. The van der Waals surface area contributed by atoms with Crippen LogP contribution in [0.5, 0.6) is 0 Å². The molecule has 3 N–H and O–H groups in total. The summed E-state index contributed by atoms with van der Waals surface area (Å²) in [6.45, 7) is 4.44. The van der Waals surface area contributed by atoms with Gasteiger partial charge in [-0.05, 0) is 42.4 Å². The molecular formula is C22H30N4O2S. The zero-order valence-corrected chi connectivity index (χ0v) is 18.0. The maximum absolute atomic E-state index is 12.1. The molecule has 2 aromatic carbocycles. The molecule has 6 nitrogen and oxygen atoms in total. The molecule has 0 aliphatic carbocycles. The van der Waals surface area contributed by atoms with Gasteiger partial charge in [-0.2, -0.15) is 0 Å². The fourth-order valence-electron chi connectivity index (χ4n) is 4.10. The van der Waals surface area contributed by atoms with Gasteiger partial charge in [0.1, 0.15) is 0 Å². The van der Waals surface area contributed by atoms with E-state index in [0.29, 0.717) is 12.1 Å². The van der Waals surface area contributed by atoms with Crippen LogP contribution in [0.3, 0.4) is 0 Å². The molecule has 1 atom stereocenters. The van der Waals surface area contributed by atoms with E-state index in [0.717, 1.165) is 25.9 Å². The van der Waals surface area contributed by atoms with Gasteiger partial charge in [0.2, 0.25) is 11.8 Å². The molecule has 1 unspecified atom stereocenters. The van der Waals surface area contributed by atoms with Crippen molar-refractivity contribution in [3.8, 4) is 0 Å². The van der Waals surface area contributed by atoms with Gasteiger partial charge in [-0.3, -0.25) is 14.5 Å². The molecule has 1 heterocycles. The highest BCUT2D eigenvalue weighted by Gasteiger charge is 2.28. The Kier molecular flexibility index (Phi) is 7.52. The molecule has 0 saturated carbocycles. The molecule has 0 radical (unpaired) electrons. The first-order valence-corrected chi connectivity index (χ1v) is 11.2. The number of benzene rings is 2. The standard InChI is InChI=1S/C22H30N4O2S/c1-16(19-9-5-7-17-6-3-4-8-20(17)19)25-12-10-18(11-13-25)26(29-2)15-22(28)24-14-21(23)27/h3-9,16,18H,10-15H2,1-2H3,(H2,23,27)(H,24,28). The third-order valence-corrected chi connectivity index (χ3v) is 6.62. The summed E-state index contributed by atoms with van der Waals surface area (Å²) in [5.41, 5.74) is 6.46. The highest BCUT2D eigenvalue weighted by Crippen LogP contribution is 2.31. The fourth-order valence-corrected chi connectivity index (χ4v) is 4.85. The Balaban J connectivity index is 1.59. The predicted molar refractivity (Wildman–Crippen MR) is 119 cm³/mol. The van der Waals surface area contributed by atoms with Crippen molar-refractivity contribution in [3.05, 3.63) is 48.0 Å². The molecule has 29 heavy (non-hydrogen) atoms. The minimum absolute atomic E-state index is 0.109. The summed E-state index contributed by atoms with van der Waals surface area (Å²) in [6.07, 6.45) is 4.02. The highest BCUT2D eigenvalue weighted by atomic mass is 32.2. The van der Waals surface area contributed by atoms with E-state index < -0.39 is 5.91 Å². The van der Waals surface area contributed by atoms with E-state index in [1.807, 2.05) is 6.26 Å². The van der Waals surface area contributed by atoms with E-state index in [-0.39, 0.29) is 19.0 Å². The molecule has 156 valence electrons. The maximum Gasteiger partial charge on any atom is 0.236 e. The smallest absolute Gasteiger partial charge is 0.236 e. The number of rotatable bonds is 8. The van der Waals surface area contributed by atoms with Crippen LogP contribution in [0.25, 0.3) is 10.8 Å². The van der Waals surface area contributed by atoms with Gasteiger partial charge in [0.15, 0.2) is 0 Å². The SMILES string of the molecule is CSN(CC(=O)NCC(N)=O)C1CCN(C(C)c2cccc3ccccc23)CC1. The summed E-state index contributed by atoms with van der Waals surface area (Å²) >= 11 is 1.58. The van der Waals surface area contributed by atoms with Gasteiger partial charge in [-0.1, -0.05) is 54.4 Å². The molecule has 0 aromatic heterocycles. The van der Waals surface area contributed by atoms with Crippen LogP contribution in [0.1, 0.15) is 31.4 Å². The second-order valence-electron chi connectivity index (χ2n) is 7.51. The van der Waals surface area contributed by atoms with Crippen LogP contribution in [-0.2, 0) is 9.59 Å². The van der Waals surface area contributed by atoms with Crippen molar-refractivity contribution < 1.29 is 9.59 Å². The van der Waals surface area contributed by atoms with Crippen LogP contribution in [-0.4, -0.2) is 59.5 Å². The summed E-state index contributed by atoms with van der Waals surface area (Å²) in [4.78, 5) is 25.4. The summed E-state index contributed by atoms with van der Waals surface area (Å²) in [5, 5.41) is 5.17. The Morgan fingerprint density at radius 1 is 1.21 bits per heavy atom. The Labute approximate surface area is 176 Å². The number of nitrogens with one attached hydrogen (secondary N) is 1. The summed E-state index contributed by atoms with van der Waals surface area (Å²) in [7, 11) is 0. The number of fused-ring (bicyclic) bond motifs is 1. The second-order valence-corrected chi connectivity index (χ2v) is 8.35. The van der Waals surface area contributed by atoms with Crippen LogP contribution < -0.4 is 11.1 Å². The number of carbonyl (C=O) groups excluding carboxylic acids is 2. The largest absolute Gasteiger partial charge is 0.368 e. The Bertz CT molecular complexity index is 846. The molecule has 0 bridgehead atoms. The minimum Gasteiger partial charge on any atom is -0.368 e. The zero-order chi connectivity index (χ0) is 20.8. The highest BCUT2D eigenvalue weighted by molar-refractivity contribution is 7.96. The van der Waals surface area contributed by atoms with E-state index in [9.17, 15) is 9.59 Å². The van der Waals surface area contributed by atoms with Crippen molar-refractivity contribution in [2.24, 2.45) is 5.73 Å².